The smallest absolute Gasteiger partial charge is 0.328 e. The van der Waals surface area contributed by atoms with Crippen LogP contribution in [-0.4, -0.2) is 46.6 Å². The molecule has 0 unspecified atom stereocenters. The van der Waals surface area contributed by atoms with Crippen molar-refractivity contribution in [2.75, 3.05) is 13.7 Å². The number of aromatic amines is 1. The van der Waals surface area contributed by atoms with Crippen LogP contribution in [-0.2, 0) is 16.0 Å². The second kappa shape index (κ2) is 8.59. The van der Waals surface area contributed by atoms with E-state index in [1.165, 1.54) is 30.5 Å². The lowest BCUT2D eigenvalue weighted by atomic mass is 9.95. The average Bonchev–Trinajstić information content (AvgIpc) is 3.21. The van der Waals surface area contributed by atoms with E-state index in [-0.39, 0.29) is 18.0 Å². The highest BCUT2D eigenvalue weighted by molar-refractivity contribution is 5.84. The molecule has 0 aliphatic carbocycles. The van der Waals surface area contributed by atoms with Crippen LogP contribution in [0.2, 0.25) is 0 Å². The van der Waals surface area contributed by atoms with E-state index >= 15 is 0 Å². The van der Waals surface area contributed by atoms with Gasteiger partial charge in [0.15, 0.2) is 11.6 Å². The molecule has 0 saturated carbocycles. The lowest BCUT2D eigenvalue weighted by molar-refractivity contribution is -0.144. The SMILES string of the molecule is CC[C@H](C)[C@@H](NC(=O)N1CCc2[nH]cnc2[C@H]1c1cccc(F)c1F)C(=O)OC. The molecule has 29 heavy (non-hydrogen) atoms. The molecule has 156 valence electrons. The molecule has 9 heteroatoms. The number of hydrogen-bond donors (Lipinski definition) is 2. The number of rotatable bonds is 5. The van der Waals surface area contributed by atoms with Gasteiger partial charge in [-0.25, -0.2) is 23.4 Å². The van der Waals surface area contributed by atoms with Gasteiger partial charge in [0, 0.05) is 24.2 Å². The number of fused-ring (bicyclic) bond motifs is 1. The van der Waals surface area contributed by atoms with Gasteiger partial charge < -0.3 is 19.9 Å². The molecule has 0 bridgehead atoms. The number of H-pyrrole nitrogens is 1. The van der Waals surface area contributed by atoms with Gasteiger partial charge in [0.25, 0.3) is 0 Å². The fraction of sp³-hybridized carbons (Fsp3) is 0.450. The molecular weight excluding hydrogens is 382 g/mol. The van der Waals surface area contributed by atoms with E-state index in [1.807, 2.05) is 13.8 Å². The minimum atomic E-state index is -1.03. The van der Waals surface area contributed by atoms with Gasteiger partial charge in [-0.1, -0.05) is 32.4 Å². The Balaban J connectivity index is 1.97. The molecule has 1 aromatic heterocycles. The number of benzene rings is 1. The van der Waals surface area contributed by atoms with Crippen molar-refractivity contribution in [1.29, 1.82) is 0 Å². The van der Waals surface area contributed by atoms with Gasteiger partial charge >= 0.3 is 12.0 Å². The molecule has 0 fully saturated rings. The average molecular weight is 406 g/mol. The van der Waals surface area contributed by atoms with E-state index in [9.17, 15) is 18.4 Å². The minimum Gasteiger partial charge on any atom is -0.467 e. The Kier molecular flexibility index (Phi) is 6.14. The van der Waals surface area contributed by atoms with Crippen LogP contribution in [0.25, 0.3) is 0 Å². The Morgan fingerprint density at radius 1 is 1.41 bits per heavy atom. The first-order valence-electron chi connectivity index (χ1n) is 9.50. The number of hydrogen-bond acceptors (Lipinski definition) is 4. The fourth-order valence-electron chi connectivity index (χ4n) is 3.55. The highest BCUT2D eigenvalue weighted by Crippen LogP contribution is 2.35. The summed E-state index contributed by atoms with van der Waals surface area (Å²) < 4.78 is 33.3. The predicted molar refractivity (Wildman–Crippen MR) is 101 cm³/mol. The number of methoxy groups -OCH3 is 1. The van der Waals surface area contributed by atoms with Gasteiger partial charge in [-0.15, -0.1) is 0 Å². The van der Waals surface area contributed by atoms with E-state index in [2.05, 4.69) is 15.3 Å². The van der Waals surface area contributed by atoms with Crippen LogP contribution in [0.5, 0.6) is 0 Å². The van der Waals surface area contributed by atoms with Gasteiger partial charge in [-0.2, -0.15) is 0 Å². The van der Waals surface area contributed by atoms with Crippen molar-refractivity contribution >= 4 is 12.0 Å². The van der Waals surface area contributed by atoms with Crippen LogP contribution in [0.4, 0.5) is 13.6 Å². The number of halogens is 2. The molecule has 2 aromatic rings. The monoisotopic (exact) mass is 406 g/mol. The molecule has 2 amide bonds. The number of nitrogens with zero attached hydrogens (tertiary/aromatic N) is 2. The molecule has 1 aromatic carbocycles. The summed E-state index contributed by atoms with van der Waals surface area (Å²) in [6.45, 7) is 3.97. The van der Waals surface area contributed by atoms with E-state index < -0.39 is 35.7 Å². The summed E-state index contributed by atoms with van der Waals surface area (Å²) in [4.78, 5) is 33.9. The Morgan fingerprint density at radius 2 is 2.17 bits per heavy atom. The Bertz CT molecular complexity index is 902. The highest BCUT2D eigenvalue weighted by atomic mass is 19.2. The largest absolute Gasteiger partial charge is 0.467 e. The normalized spacial score (nSPS) is 18.0. The van der Waals surface area contributed by atoms with Crippen molar-refractivity contribution in [2.45, 2.75) is 38.8 Å². The number of esters is 1. The molecule has 2 N–H and O–H groups in total. The van der Waals surface area contributed by atoms with Crippen LogP contribution >= 0.6 is 0 Å². The molecule has 3 rings (SSSR count). The standard InChI is InChI=1S/C20H24F2N4O3/c1-4-11(2)16(19(27)29-3)25-20(28)26-9-8-14-17(24-10-23-14)18(26)12-6-5-7-13(21)15(12)22/h5-7,10-11,16,18H,4,8-9H2,1-3H3,(H,23,24)(H,25,28)/t11-,16+,18+/m0/s1. The number of ether oxygens (including phenoxy) is 1. The van der Waals surface area contributed by atoms with E-state index in [0.29, 0.717) is 18.5 Å². The molecule has 0 radical (unpaired) electrons. The molecular formula is C20H24F2N4O3. The first kappa shape index (κ1) is 20.8. The summed E-state index contributed by atoms with van der Waals surface area (Å²) in [6, 6.07) is 1.50. The maximum absolute atomic E-state index is 14.6. The van der Waals surface area contributed by atoms with E-state index in [1.54, 1.807) is 0 Å². The number of aromatic nitrogens is 2. The Morgan fingerprint density at radius 3 is 2.86 bits per heavy atom. The Labute approximate surface area is 167 Å². The van der Waals surface area contributed by atoms with Crippen molar-refractivity contribution in [1.82, 2.24) is 20.2 Å². The lowest BCUT2D eigenvalue weighted by Crippen LogP contribution is -2.53. The third-order valence-corrected chi connectivity index (χ3v) is 5.41. The molecule has 2 heterocycles. The number of imidazole rings is 1. The molecule has 1 aliphatic heterocycles. The summed E-state index contributed by atoms with van der Waals surface area (Å²) >= 11 is 0. The first-order valence-corrected chi connectivity index (χ1v) is 9.50. The zero-order valence-corrected chi connectivity index (χ0v) is 16.5. The predicted octanol–water partition coefficient (Wildman–Crippen LogP) is 2.93. The molecule has 7 nitrogen and oxygen atoms in total. The van der Waals surface area contributed by atoms with E-state index in [0.717, 1.165) is 11.8 Å². The summed E-state index contributed by atoms with van der Waals surface area (Å²) in [6.07, 6.45) is 2.58. The van der Waals surface area contributed by atoms with Crippen molar-refractivity contribution in [2.24, 2.45) is 5.92 Å². The summed E-state index contributed by atoms with van der Waals surface area (Å²) in [5.41, 5.74) is 1.22. The van der Waals surface area contributed by atoms with Crippen LogP contribution in [0.15, 0.2) is 24.5 Å². The fourth-order valence-corrected chi connectivity index (χ4v) is 3.55. The zero-order valence-electron chi connectivity index (χ0n) is 16.5. The highest BCUT2D eigenvalue weighted by Gasteiger charge is 2.38. The minimum absolute atomic E-state index is 0.00589. The molecule has 1 aliphatic rings. The van der Waals surface area contributed by atoms with Crippen molar-refractivity contribution in [3.63, 3.8) is 0 Å². The van der Waals surface area contributed by atoms with Crippen LogP contribution in [0.3, 0.4) is 0 Å². The van der Waals surface area contributed by atoms with Crippen molar-refractivity contribution in [3.05, 3.63) is 53.1 Å². The second-order valence-corrected chi connectivity index (χ2v) is 7.09. The zero-order chi connectivity index (χ0) is 21.1. The Hall–Kier alpha value is -2.97. The van der Waals surface area contributed by atoms with Gasteiger partial charge in [-0.05, 0) is 12.0 Å². The van der Waals surface area contributed by atoms with Crippen LogP contribution in [0, 0.1) is 17.6 Å². The van der Waals surface area contributed by atoms with Gasteiger partial charge in [0.05, 0.1) is 19.1 Å². The topological polar surface area (TPSA) is 87.3 Å². The summed E-state index contributed by atoms with van der Waals surface area (Å²) in [7, 11) is 1.26. The van der Waals surface area contributed by atoms with E-state index in [4.69, 9.17) is 4.74 Å². The second-order valence-electron chi connectivity index (χ2n) is 7.09. The first-order chi connectivity index (χ1) is 13.9. The number of carbonyl (C=O) groups excluding carboxylic acids is 2. The van der Waals surface area contributed by atoms with Crippen molar-refractivity contribution < 1.29 is 23.1 Å². The lowest BCUT2D eigenvalue weighted by Gasteiger charge is -2.36. The maximum atomic E-state index is 14.6. The summed E-state index contributed by atoms with van der Waals surface area (Å²) in [5, 5.41) is 2.70. The van der Waals surface area contributed by atoms with Crippen LogP contribution < -0.4 is 5.32 Å². The van der Waals surface area contributed by atoms with Gasteiger partial charge in [0.1, 0.15) is 12.1 Å². The van der Waals surface area contributed by atoms with Gasteiger partial charge in [-0.3, -0.25) is 0 Å². The number of amides is 2. The summed E-state index contributed by atoms with van der Waals surface area (Å²) in [5.74, 6) is -2.75. The maximum Gasteiger partial charge on any atom is 0.328 e. The van der Waals surface area contributed by atoms with Gasteiger partial charge in [0.2, 0.25) is 0 Å². The molecule has 3 atom stereocenters. The van der Waals surface area contributed by atoms with Crippen molar-refractivity contribution in [3.8, 4) is 0 Å². The molecule has 0 spiro atoms. The third-order valence-electron chi connectivity index (χ3n) is 5.41. The molecule has 0 saturated heterocycles. The number of carbonyl (C=O) groups is 2. The number of nitrogens with one attached hydrogen (secondary N) is 2. The van der Waals surface area contributed by atoms with Crippen LogP contribution in [0.1, 0.15) is 43.3 Å². The third kappa shape index (κ3) is 3.94. The number of urea groups is 1. The quantitative estimate of drug-likeness (QED) is 0.748.